The average molecular weight is 321 g/mol. The van der Waals surface area contributed by atoms with Crippen molar-refractivity contribution in [3.8, 4) is 0 Å². The summed E-state index contributed by atoms with van der Waals surface area (Å²) in [5, 5.41) is 7.31. The molecule has 118 valence electrons. The van der Waals surface area contributed by atoms with Crippen LogP contribution in [0.5, 0.6) is 0 Å². The number of thiazole rings is 1. The molecule has 0 radical (unpaired) electrons. The molecule has 2 rings (SSSR count). The quantitative estimate of drug-likeness (QED) is 0.896. The first-order valence-electron chi connectivity index (χ1n) is 6.95. The Morgan fingerprint density at radius 3 is 2.71 bits per heavy atom. The van der Waals surface area contributed by atoms with Gasteiger partial charge in [-0.3, -0.25) is 4.79 Å². The second kappa shape index (κ2) is 6.74. The van der Waals surface area contributed by atoms with Crippen molar-refractivity contribution in [2.75, 3.05) is 13.1 Å². The van der Waals surface area contributed by atoms with Gasteiger partial charge in [0.2, 0.25) is 5.91 Å². The zero-order valence-electron chi connectivity index (χ0n) is 11.7. The van der Waals surface area contributed by atoms with Gasteiger partial charge in [-0.25, -0.2) is 4.98 Å². The summed E-state index contributed by atoms with van der Waals surface area (Å²) >= 11 is 0.940. The number of alkyl halides is 3. The third kappa shape index (κ3) is 4.16. The predicted molar refractivity (Wildman–Crippen MR) is 73.9 cm³/mol. The third-order valence-corrected chi connectivity index (χ3v) is 4.50. The summed E-state index contributed by atoms with van der Waals surface area (Å²) in [4.78, 5) is 15.8. The van der Waals surface area contributed by atoms with E-state index in [9.17, 15) is 18.0 Å². The van der Waals surface area contributed by atoms with Crippen LogP contribution in [-0.2, 0) is 11.0 Å². The summed E-state index contributed by atoms with van der Waals surface area (Å²) in [6.45, 7) is 3.41. The van der Waals surface area contributed by atoms with Crippen LogP contribution in [-0.4, -0.2) is 24.0 Å². The molecule has 1 atom stereocenters. The molecule has 21 heavy (non-hydrogen) atoms. The number of carbonyl (C=O) groups is 1. The Balaban J connectivity index is 2.02. The number of rotatable bonds is 4. The van der Waals surface area contributed by atoms with E-state index in [4.69, 9.17) is 0 Å². The van der Waals surface area contributed by atoms with Gasteiger partial charge in [0.25, 0.3) is 0 Å². The summed E-state index contributed by atoms with van der Waals surface area (Å²) in [7, 11) is 0. The molecule has 1 aliphatic heterocycles. The molecule has 1 saturated heterocycles. The minimum Gasteiger partial charge on any atom is -0.347 e. The lowest BCUT2D eigenvalue weighted by Crippen LogP contribution is -2.39. The fourth-order valence-corrected chi connectivity index (χ4v) is 3.25. The second-order valence-electron chi connectivity index (χ2n) is 5.06. The Labute approximate surface area is 125 Å². The Kier molecular flexibility index (Phi) is 5.21. The molecule has 0 saturated carbocycles. The van der Waals surface area contributed by atoms with Crippen molar-refractivity contribution in [2.24, 2.45) is 5.92 Å². The van der Waals surface area contributed by atoms with Gasteiger partial charge in [-0.2, -0.15) is 13.2 Å². The largest absolute Gasteiger partial charge is 0.434 e. The van der Waals surface area contributed by atoms with Crippen molar-refractivity contribution in [1.29, 1.82) is 0 Å². The van der Waals surface area contributed by atoms with Crippen LogP contribution in [0.15, 0.2) is 5.38 Å². The normalized spacial score (nSPS) is 18.5. The van der Waals surface area contributed by atoms with Crippen molar-refractivity contribution in [3.63, 3.8) is 0 Å². The summed E-state index contributed by atoms with van der Waals surface area (Å²) in [5.41, 5.74) is -0.892. The predicted octanol–water partition coefficient (Wildman–Crippen LogP) is 2.73. The lowest BCUT2D eigenvalue weighted by molar-refractivity contribution is -0.140. The maximum absolute atomic E-state index is 12.6. The van der Waals surface area contributed by atoms with E-state index in [1.165, 1.54) is 0 Å². The van der Waals surface area contributed by atoms with Crippen LogP contribution >= 0.6 is 11.3 Å². The van der Waals surface area contributed by atoms with E-state index in [0.717, 1.165) is 42.6 Å². The first-order valence-corrected chi connectivity index (χ1v) is 7.83. The van der Waals surface area contributed by atoms with Crippen molar-refractivity contribution in [1.82, 2.24) is 15.6 Å². The van der Waals surface area contributed by atoms with Crippen LogP contribution in [0.1, 0.15) is 42.9 Å². The summed E-state index contributed by atoms with van der Waals surface area (Å²) in [6.07, 6.45) is -2.41. The number of nitrogens with one attached hydrogen (secondary N) is 2. The molecule has 2 heterocycles. The van der Waals surface area contributed by atoms with Crippen LogP contribution < -0.4 is 10.6 Å². The molecule has 1 aromatic rings. The molecule has 1 amide bonds. The SMILES string of the molecule is CCC(NC(=O)C1CCNCC1)c1nc(C(F)(F)F)cs1. The third-order valence-electron chi connectivity index (χ3n) is 3.55. The van der Waals surface area contributed by atoms with Gasteiger partial charge in [0.15, 0.2) is 5.69 Å². The van der Waals surface area contributed by atoms with E-state index < -0.39 is 17.9 Å². The molecule has 1 unspecified atom stereocenters. The minimum atomic E-state index is -4.44. The summed E-state index contributed by atoms with van der Waals surface area (Å²) < 4.78 is 37.7. The van der Waals surface area contributed by atoms with Crippen LogP contribution in [0.3, 0.4) is 0 Å². The number of hydrogen-bond donors (Lipinski definition) is 2. The number of nitrogens with zero attached hydrogens (tertiary/aromatic N) is 1. The van der Waals surface area contributed by atoms with Gasteiger partial charge in [0.05, 0.1) is 6.04 Å². The Morgan fingerprint density at radius 1 is 1.52 bits per heavy atom. The van der Waals surface area contributed by atoms with Gasteiger partial charge in [-0.05, 0) is 32.4 Å². The van der Waals surface area contributed by atoms with Crippen LogP contribution in [0, 0.1) is 5.92 Å². The summed E-state index contributed by atoms with van der Waals surface area (Å²) in [6, 6.07) is -0.450. The molecule has 0 aromatic carbocycles. The van der Waals surface area contributed by atoms with Gasteiger partial charge in [-0.1, -0.05) is 6.92 Å². The van der Waals surface area contributed by atoms with Crippen LogP contribution in [0.4, 0.5) is 13.2 Å². The molecular weight excluding hydrogens is 303 g/mol. The highest BCUT2D eigenvalue weighted by Gasteiger charge is 2.34. The second-order valence-corrected chi connectivity index (χ2v) is 5.95. The van der Waals surface area contributed by atoms with Gasteiger partial charge in [-0.15, -0.1) is 11.3 Å². The highest BCUT2D eigenvalue weighted by molar-refractivity contribution is 7.09. The van der Waals surface area contributed by atoms with Crippen molar-refractivity contribution >= 4 is 17.2 Å². The number of aromatic nitrogens is 1. The summed E-state index contributed by atoms with van der Waals surface area (Å²) in [5.74, 6) is -0.158. The van der Waals surface area contributed by atoms with E-state index in [1.807, 2.05) is 6.92 Å². The van der Waals surface area contributed by atoms with Crippen LogP contribution in [0.2, 0.25) is 0 Å². The average Bonchev–Trinajstić information content (AvgIpc) is 2.95. The van der Waals surface area contributed by atoms with Crippen molar-refractivity contribution < 1.29 is 18.0 Å². The topological polar surface area (TPSA) is 54.0 Å². The van der Waals surface area contributed by atoms with Gasteiger partial charge >= 0.3 is 6.18 Å². The molecule has 2 N–H and O–H groups in total. The maximum Gasteiger partial charge on any atom is 0.434 e. The van der Waals surface area contributed by atoms with Crippen molar-refractivity contribution in [3.05, 3.63) is 16.1 Å². The molecule has 0 bridgehead atoms. The molecular formula is C13H18F3N3OS. The Hall–Kier alpha value is -1.15. The maximum atomic E-state index is 12.6. The smallest absolute Gasteiger partial charge is 0.347 e. The first-order chi connectivity index (χ1) is 9.91. The lowest BCUT2D eigenvalue weighted by Gasteiger charge is -2.24. The number of piperidine rings is 1. The van der Waals surface area contributed by atoms with Crippen molar-refractivity contribution in [2.45, 2.75) is 38.4 Å². The van der Waals surface area contributed by atoms with Gasteiger partial charge < -0.3 is 10.6 Å². The molecule has 4 nitrogen and oxygen atoms in total. The fourth-order valence-electron chi connectivity index (χ4n) is 2.29. The van der Waals surface area contributed by atoms with Crippen LogP contribution in [0.25, 0.3) is 0 Å². The monoisotopic (exact) mass is 321 g/mol. The molecule has 1 aromatic heterocycles. The number of carbonyl (C=O) groups excluding carboxylic acids is 1. The molecule has 1 fully saturated rings. The molecule has 8 heteroatoms. The molecule has 0 spiro atoms. The van der Waals surface area contributed by atoms with E-state index in [-0.39, 0.29) is 11.8 Å². The zero-order chi connectivity index (χ0) is 15.5. The van der Waals surface area contributed by atoms with E-state index in [1.54, 1.807) is 0 Å². The van der Waals surface area contributed by atoms with E-state index >= 15 is 0 Å². The van der Waals surface area contributed by atoms with Gasteiger partial charge in [0.1, 0.15) is 5.01 Å². The highest BCUT2D eigenvalue weighted by Crippen LogP contribution is 2.32. The Bertz CT molecular complexity index is 483. The van der Waals surface area contributed by atoms with E-state index in [2.05, 4.69) is 15.6 Å². The standard InChI is InChI=1S/C13H18F3N3OS/c1-2-9(12-19-10(7-21-12)13(14,15)16)18-11(20)8-3-5-17-6-4-8/h7-9,17H,2-6H2,1H3,(H,18,20). The number of halogens is 3. The highest BCUT2D eigenvalue weighted by atomic mass is 32.1. The zero-order valence-corrected chi connectivity index (χ0v) is 12.5. The molecule has 0 aliphatic carbocycles. The van der Waals surface area contributed by atoms with E-state index in [0.29, 0.717) is 11.4 Å². The lowest BCUT2D eigenvalue weighted by atomic mass is 9.97. The Morgan fingerprint density at radius 2 is 2.19 bits per heavy atom. The van der Waals surface area contributed by atoms with Gasteiger partial charge in [0, 0.05) is 11.3 Å². The minimum absolute atomic E-state index is 0.0673. The molecule has 1 aliphatic rings. The fraction of sp³-hybridized carbons (Fsp3) is 0.692. The number of hydrogen-bond acceptors (Lipinski definition) is 4. The number of amides is 1. The first kappa shape index (κ1) is 16.2.